The van der Waals surface area contributed by atoms with Gasteiger partial charge in [-0.15, -0.1) is 0 Å². The number of piperazine rings is 1. The molecule has 1 aromatic heterocycles. The standard InChI is InChI=1S/C11H12N4O2/c12-6-8-1-2-14-10(5-8)15-4-3-13-7-9(15)11(16)17/h1-2,5,9,13H,3-4,7H2,(H,16,17). The van der Waals surface area contributed by atoms with Crippen molar-refractivity contribution in [2.75, 3.05) is 24.5 Å². The molecule has 1 unspecified atom stereocenters. The van der Waals surface area contributed by atoms with E-state index < -0.39 is 12.0 Å². The Balaban J connectivity index is 2.29. The number of hydrogen-bond donors (Lipinski definition) is 2. The number of nitrogens with zero attached hydrogens (tertiary/aromatic N) is 3. The Morgan fingerprint density at radius 2 is 2.53 bits per heavy atom. The molecule has 0 spiro atoms. The molecule has 0 aliphatic carbocycles. The van der Waals surface area contributed by atoms with Gasteiger partial charge in [0.1, 0.15) is 11.9 Å². The second-order valence-corrected chi connectivity index (χ2v) is 3.77. The molecule has 1 saturated heterocycles. The number of carbonyl (C=O) groups is 1. The van der Waals surface area contributed by atoms with E-state index in [9.17, 15) is 4.79 Å². The van der Waals surface area contributed by atoms with Crippen LogP contribution in [0.25, 0.3) is 0 Å². The lowest BCUT2D eigenvalue weighted by molar-refractivity contribution is -0.138. The number of pyridine rings is 1. The highest BCUT2D eigenvalue weighted by atomic mass is 16.4. The van der Waals surface area contributed by atoms with Crippen molar-refractivity contribution in [1.29, 1.82) is 5.26 Å². The van der Waals surface area contributed by atoms with E-state index in [0.29, 0.717) is 31.0 Å². The Labute approximate surface area is 98.5 Å². The van der Waals surface area contributed by atoms with Crippen molar-refractivity contribution in [3.8, 4) is 6.07 Å². The number of carboxylic acid groups (broad SMARTS) is 1. The van der Waals surface area contributed by atoms with Crippen molar-refractivity contribution < 1.29 is 9.90 Å². The first kappa shape index (κ1) is 11.4. The summed E-state index contributed by atoms with van der Waals surface area (Å²) in [6.45, 7) is 1.66. The van der Waals surface area contributed by atoms with Gasteiger partial charge in [-0.05, 0) is 12.1 Å². The number of rotatable bonds is 2. The average Bonchev–Trinajstić information content (AvgIpc) is 2.39. The van der Waals surface area contributed by atoms with Gasteiger partial charge in [0.05, 0.1) is 11.6 Å². The van der Waals surface area contributed by atoms with Crippen molar-refractivity contribution in [1.82, 2.24) is 10.3 Å². The number of nitriles is 1. The molecule has 17 heavy (non-hydrogen) atoms. The highest BCUT2D eigenvalue weighted by Crippen LogP contribution is 2.16. The number of hydrogen-bond acceptors (Lipinski definition) is 5. The van der Waals surface area contributed by atoms with Crippen LogP contribution in [0.3, 0.4) is 0 Å². The number of aromatic nitrogens is 1. The summed E-state index contributed by atoms with van der Waals surface area (Å²) in [4.78, 5) is 17.0. The maximum Gasteiger partial charge on any atom is 0.327 e. The molecular weight excluding hydrogens is 220 g/mol. The van der Waals surface area contributed by atoms with Crippen LogP contribution >= 0.6 is 0 Å². The lowest BCUT2D eigenvalue weighted by atomic mass is 10.2. The van der Waals surface area contributed by atoms with Gasteiger partial charge in [-0.2, -0.15) is 5.26 Å². The Morgan fingerprint density at radius 3 is 3.24 bits per heavy atom. The van der Waals surface area contributed by atoms with E-state index in [-0.39, 0.29) is 0 Å². The van der Waals surface area contributed by atoms with Crippen LogP contribution in [0.1, 0.15) is 5.56 Å². The van der Waals surface area contributed by atoms with Crippen LogP contribution < -0.4 is 10.2 Å². The van der Waals surface area contributed by atoms with Gasteiger partial charge in [0.15, 0.2) is 0 Å². The number of carboxylic acids is 1. The summed E-state index contributed by atoms with van der Waals surface area (Å²) < 4.78 is 0. The zero-order valence-electron chi connectivity index (χ0n) is 9.13. The minimum atomic E-state index is -0.888. The summed E-state index contributed by atoms with van der Waals surface area (Å²) in [5, 5.41) is 21.0. The third-order valence-corrected chi connectivity index (χ3v) is 2.70. The Morgan fingerprint density at radius 1 is 1.71 bits per heavy atom. The lowest BCUT2D eigenvalue weighted by Gasteiger charge is -2.34. The third kappa shape index (κ3) is 2.34. The molecule has 0 radical (unpaired) electrons. The molecule has 88 valence electrons. The van der Waals surface area contributed by atoms with Crippen molar-refractivity contribution in [2.24, 2.45) is 0 Å². The first-order valence-electron chi connectivity index (χ1n) is 5.28. The number of aliphatic carboxylic acids is 1. The molecular formula is C11H12N4O2. The van der Waals surface area contributed by atoms with E-state index in [1.807, 2.05) is 6.07 Å². The zero-order chi connectivity index (χ0) is 12.3. The summed E-state index contributed by atoms with van der Waals surface area (Å²) in [5.74, 6) is -0.348. The molecule has 1 aliphatic rings. The van der Waals surface area contributed by atoms with Crippen LogP contribution in [0.2, 0.25) is 0 Å². The molecule has 6 heteroatoms. The SMILES string of the molecule is N#Cc1ccnc(N2CCNCC2C(=O)O)c1. The maximum atomic E-state index is 11.1. The van der Waals surface area contributed by atoms with E-state index in [0.717, 1.165) is 0 Å². The molecule has 0 aromatic carbocycles. The van der Waals surface area contributed by atoms with E-state index in [4.69, 9.17) is 10.4 Å². The maximum absolute atomic E-state index is 11.1. The summed E-state index contributed by atoms with van der Waals surface area (Å²) in [5.41, 5.74) is 0.484. The molecule has 2 rings (SSSR count). The summed E-state index contributed by atoms with van der Waals surface area (Å²) >= 11 is 0. The topological polar surface area (TPSA) is 89.3 Å². The fourth-order valence-electron chi connectivity index (χ4n) is 1.84. The zero-order valence-corrected chi connectivity index (χ0v) is 9.13. The first-order chi connectivity index (χ1) is 8.22. The predicted octanol–water partition coefficient (Wildman–Crippen LogP) is -0.184. The third-order valence-electron chi connectivity index (χ3n) is 2.70. The van der Waals surface area contributed by atoms with Crippen LogP contribution in [0.15, 0.2) is 18.3 Å². The average molecular weight is 232 g/mol. The normalized spacial score (nSPS) is 19.7. The minimum Gasteiger partial charge on any atom is -0.480 e. The number of nitrogens with one attached hydrogen (secondary N) is 1. The van der Waals surface area contributed by atoms with Gasteiger partial charge in [0.2, 0.25) is 0 Å². The Kier molecular flexibility index (Phi) is 3.21. The van der Waals surface area contributed by atoms with Gasteiger partial charge < -0.3 is 15.3 Å². The van der Waals surface area contributed by atoms with Crippen LogP contribution in [-0.4, -0.2) is 41.7 Å². The molecule has 2 N–H and O–H groups in total. The number of anilines is 1. The highest BCUT2D eigenvalue weighted by molar-refractivity contribution is 5.78. The highest BCUT2D eigenvalue weighted by Gasteiger charge is 2.29. The summed E-state index contributed by atoms with van der Waals surface area (Å²) in [6, 6.07) is 4.60. The fraction of sp³-hybridized carbons (Fsp3) is 0.364. The van der Waals surface area contributed by atoms with Crippen molar-refractivity contribution in [2.45, 2.75) is 6.04 Å². The monoisotopic (exact) mass is 232 g/mol. The Bertz CT molecular complexity index is 469. The van der Waals surface area contributed by atoms with Crippen molar-refractivity contribution in [3.05, 3.63) is 23.9 Å². The van der Waals surface area contributed by atoms with E-state index in [2.05, 4.69) is 10.3 Å². The van der Waals surface area contributed by atoms with E-state index in [1.54, 1.807) is 17.0 Å². The second-order valence-electron chi connectivity index (χ2n) is 3.77. The molecule has 1 fully saturated rings. The Hall–Kier alpha value is -2.13. The summed E-state index contributed by atoms with van der Waals surface area (Å²) in [7, 11) is 0. The van der Waals surface area contributed by atoms with Crippen molar-refractivity contribution in [3.63, 3.8) is 0 Å². The smallest absolute Gasteiger partial charge is 0.327 e. The van der Waals surface area contributed by atoms with Crippen LogP contribution in [0.4, 0.5) is 5.82 Å². The van der Waals surface area contributed by atoms with Gasteiger partial charge in [0.25, 0.3) is 0 Å². The minimum absolute atomic E-state index is 0.383. The largest absolute Gasteiger partial charge is 0.480 e. The molecule has 6 nitrogen and oxygen atoms in total. The van der Waals surface area contributed by atoms with Gasteiger partial charge >= 0.3 is 5.97 Å². The predicted molar refractivity (Wildman–Crippen MR) is 60.6 cm³/mol. The van der Waals surface area contributed by atoms with Crippen LogP contribution in [0.5, 0.6) is 0 Å². The molecule has 0 bridgehead atoms. The van der Waals surface area contributed by atoms with Gasteiger partial charge in [-0.25, -0.2) is 9.78 Å². The first-order valence-corrected chi connectivity index (χ1v) is 5.28. The summed E-state index contributed by atoms with van der Waals surface area (Å²) in [6.07, 6.45) is 1.52. The molecule has 0 amide bonds. The quantitative estimate of drug-likeness (QED) is 0.735. The van der Waals surface area contributed by atoms with E-state index in [1.165, 1.54) is 6.20 Å². The molecule has 1 aliphatic heterocycles. The molecule has 1 atom stereocenters. The van der Waals surface area contributed by atoms with Crippen LogP contribution in [-0.2, 0) is 4.79 Å². The van der Waals surface area contributed by atoms with Gasteiger partial charge in [0, 0.05) is 25.8 Å². The van der Waals surface area contributed by atoms with Gasteiger partial charge in [-0.1, -0.05) is 0 Å². The van der Waals surface area contributed by atoms with Crippen molar-refractivity contribution >= 4 is 11.8 Å². The molecule has 2 heterocycles. The van der Waals surface area contributed by atoms with Gasteiger partial charge in [-0.3, -0.25) is 0 Å². The fourth-order valence-corrected chi connectivity index (χ4v) is 1.84. The second kappa shape index (κ2) is 4.80. The van der Waals surface area contributed by atoms with Crippen LogP contribution in [0, 0.1) is 11.3 Å². The molecule has 0 saturated carbocycles. The lowest BCUT2D eigenvalue weighted by Crippen LogP contribution is -2.55. The van der Waals surface area contributed by atoms with E-state index >= 15 is 0 Å². The molecule has 1 aromatic rings.